The number of hydrogen-bond donors (Lipinski definition) is 0. The normalized spacial score (nSPS) is 14.3. The summed E-state index contributed by atoms with van der Waals surface area (Å²) in [6, 6.07) is 15.1. The summed E-state index contributed by atoms with van der Waals surface area (Å²) in [6.45, 7) is 0.647. The molecule has 0 atom stereocenters. The molecule has 1 aliphatic rings. The third-order valence-corrected chi connectivity index (χ3v) is 5.56. The molecule has 3 rings (SSSR count). The van der Waals surface area contributed by atoms with Gasteiger partial charge in [0.25, 0.3) is 0 Å². The Bertz CT molecular complexity index is 844. The van der Waals surface area contributed by atoms with Gasteiger partial charge in [-0.05, 0) is 42.5 Å². The average Bonchev–Trinajstić information content (AvgIpc) is 2.58. The number of anilines is 1. The molecule has 0 fully saturated rings. The topological polar surface area (TPSA) is 54.5 Å². The van der Waals surface area contributed by atoms with Crippen molar-refractivity contribution in [3.8, 4) is 0 Å². The van der Waals surface area contributed by atoms with Crippen molar-refractivity contribution >= 4 is 21.4 Å². The van der Waals surface area contributed by atoms with E-state index in [9.17, 15) is 13.2 Å². The Hall–Kier alpha value is -2.14. The number of nitrogens with zero attached hydrogens (tertiary/aromatic N) is 1. The molecule has 0 saturated carbocycles. The first kappa shape index (κ1) is 16.7. The van der Waals surface area contributed by atoms with Crippen molar-refractivity contribution in [3.05, 3.63) is 59.7 Å². The second-order valence-corrected chi connectivity index (χ2v) is 8.14. The van der Waals surface area contributed by atoms with E-state index in [0.717, 1.165) is 23.2 Å². The lowest BCUT2D eigenvalue weighted by atomic mass is 10.0. The van der Waals surface area contributed by atoms with Crippen LogP contribution in [0, 0.1) is 0 Å². The van der Waals surface area contributed by atoms with Gasteiger partial charge >= 0.3 is 0 Å². The number of fused-ring (bicyclic) bond motifs is 1. The van der Waals surface area contributed by atoms with Gasteiger partial charge in [-0.2, -0.15) is 0 Å². The predicted octanol–water partition coefficient (Wildman–Crippen LogP) is 3.00. The molecule has 2 aromatic rings. The van der Waals surface area contributed by atoms with Crippen molar-refractivity contribution in [2.24, 2.45) is 0 Å². The summed E-state index contributed by atoms with van der Waals surface area (Å²) in [5.74, 6) is 0.0467. The zero-order valence-electron chi connectivity index (χ0n) is 13.7. The number of carbonyl (C=O) groups is 1. The Labute approximate surface area is 143 Å². The molecule has 24 heavy (non-hydrogen) atoms. The first-order valence-electron chi connectivity index (χ1n) is 8.13. The number of sulfone groups is 1. The minimum atomic E-state index is -3.29. The first-order valence-corrected chi connectivity index (χ1v) is 10.0. The Morgan fingerprint density at radius 3 is 2.54 bits per heavy atom. The predicted molar refractivity (Wildman–Crippen MR) is 95.0 cm³/mol. The Kier molecular flexibility index (Phi) is 4.71. The van der Waals surface area contributed by atoms with Crippen molar-refractivity contribution < 1.29 is 13.2 Å². The molecule has 126 valence electrons. The number of carbonyl (C=O) groups excluding carboxylic acids is 1. The molecule has 0 aromatic heterocycles. The smallest absolute Gasteiger partial charge is 0.227 e. The fourth-order valence-electron chi connectivity index (χ4n) is 3.23. The van der Waals surface area contributed by atoms with E-state index in [4.69, 9.17) is 0 Å². The van der Waals surface area contributed by atoms with Crippen molar-refractivity contribution in [1.82, 2.24) is 0 Å². The van der Waals surface area contributed by atoms with Crippen LogP contribution in [-0.4, -0.2) is 27.1 Å². The Morgan fingerprint density at radius 1 is 1.08 bits per heavy atom. The molecule has 0 N–H and O–H groups in total. The minimum Gasteiger partial charge on any atom is -0.312 e. The summed E-state index contributed by atoms with van der Waals surface area (Å²) < 4.78 is 24.0. The van der Waals surface area contributed by atoms with Crippen LogP contribution in [0.5, 0.6) is 0 Å². The second kappa shape index (κ2) is 6.77. The highest BCUT2D eigenvalue weighted by Gasteiger charge is 2.26. The van der Waals surface area contributed by atoms with Gasteiger partial charge in [0.05, 0.1) is 4.90 Å². The third-order valence-electron chi connectivity index (χ3n) is 4.38. The monoisotopic (exact) mass is 343 g/mol. The molecule has 0 bridgehead atoms. The minimum absolute atomic E-state index is 0.0467. The third kappa shape index (κ3) is 3.51. The fourth-order valence-corrected chi connectivity index (χ4v) is 4.21. The van der Waals surface area contributed by atoms with Gasteiger partial charge in [0, 0.05) is 24.9 Å². The lowest BCUT2D eigenvalue weighted by Gasteiger charge is -2.30. The largest absolute Gasteiger partial charge is 0.312 e. The van der Waals surface area contributed by atoms with Crippen LogP contribution in [0.2, 0.25) is 0 Å². The molecular formula is C19H21NO3S. The molecule has 0 spiro atoms. The van der Waals surface area contributed by atoms with Crippen LogP contribution in [0.4, 0.5) is 5.69 Å². The van der Waals surface area contributed by atoms with Gasteiger partial charge in [-0.15, -0.1) is 0 Å². The summed E-state index contributed by atoms with van der Waals surface area (Å²) >= 11 is 0. The highest BCUT2D eigenvalue weighted by Crippen LogP contribution is 2.32. The first-order chi connectivity index (χ1) is 11.5. The lowest BCUT2D eigenvalue weighted by Crippen LogP contribution is -2.36. The number of aryl methyl sites for hydroxylation is 1. The number of amides is 1. The number of benzene rings is 2. The molecule has 4 nitrogen and oxygen atoms in total. The molecule has 1 amide bonds. The SMILES string of the molecule is CS(=O)(=O)c1cccc2c1CCCN2C(=O)CCc1ccccc1. The van der Waals surface area contributed by atoms with E-state index in [1.165, 1.54) is 6.26 Å². The summed E-state index contributed by atoms with van der Waals surface area (Å²) in [4.78, 5) is 14.8. The quantitative estimate of drug-likeness (QED) is 0.857. The maximum atomic E-state index is 12.7. The number of hydrogen-bond acceptors (Lipinski definition) is 3. The van der Waals surface area contributed by atoms with Crippen LogP contribution in [-0.2, 0) is 27.5 Å². The fraction of sp³-hybridized carbons (Fsp3) is 0.316. The highest BCUT2D eigenvalue weighted by atomic mass is 32.2. The van der Waals surface area contributed by atoms with Crippen LogP contribution in [0.15, 0.2) is 53.4 Å². The zero-order chi connectivity index (χ0) is 17.2. The van der Waals surface area contributed by atoms with Crippen LogP contribution >= 0.6 is 0 Å². The van der Waals surface area contributed by atoms with Gasteiger partial charge < -0.3 is 4.90 Å². The molecule has 2 aromatic carbocycles. The van der Waals surface area contributed by atoms with Crippen LogP contribution in [0.1, 0.15) is 24.0 Å². The Morgan fingerprint density at radius 2 is 1.83 bits per heavy atom. The van der Waals surface area contributed by atoms with E-state index in [1.807, 2.05) is 36.4 Å². The standard InChI is InChI=1S/C19H21NO3S/c1-24(22,23)18-11-5-10-17-16(18)9-6-14-20(17)19(21)13-12-15-7-3-2-4-8-15/h2-5,7-8,10-11H,6,9,12-14H2,1H3. The van der Waals surface area contributed by atoms with Crippen LogP contribution in [0.3, 0.4) is 0 Å². The van der Waals surface area contributed by atoms with E-state index in [-0.39, 0.29) is 5.91 Å². The molecule has 5 heteroatoms. The average molecular weight is 343 g/mol. The Balaban J connectivity index is 1.83. The van der Waals surface area contributed by atoms with Gasteiger partial charge in [-0.1, -0.05) is 36.4 Å². The van der Waals surface area contributed by atoms with E-state index in [2.05, 4.69) is 0 Å². The van der Waals surface area contributed by atoms with Gasteiger partial charge in [0.1, 0.15) is 0 Å². The molecular weight excluding hydrogens is 322 g/mol. The van der Waals surface area contributed by atoms with Crippen molar-refractivity contribution in [2.45, 2.75) is 30.6 Å². The summed E-state index contributed by atoms with van der Waals surface area (Å²) in [6.07, 6.45) is 3.82. The molecule has 1 heterocycles. The van der Waals surface area contributed by atoms with E-state index in [0.29, 0.717) is 30.7 Å². The maximum Gasteiger partial charge on any atom is 0.227 e. The van der Waals surface area contributed by atoms with E-state index in [1.54, 1.807) is 17.0 Å². The van der Waals surface area contributed by atoms with Gasteiger partial charge in [-0.3, -0.25) is 4.79 Å². The second-order valence-electron chi connectivity index (χ2n) is 6.16. The van der Waals surface area contributed by atoms with Crippen molar-refractivity contribution in [2.75, 3.05) is 17.7 Å². The summed E-state index contributed by atoms with van der Waals surface area (Å²) in [5.41, 5.74) is 2.66. The molecule has 1 aliphatic heterocycles. The van der Waals surface area contributed by atoms with Crippen molar-refractivity contribution in [3.63, 3.8) is 0 Å². The molecule has 0 radical (unpaired) electrons. The highest BCUT2D eigenvalue weighted by molar-refractivity contribution is 7.90. The molecule has 0 saturated heterocycles. The van der Waals surface area contributed by atoms with Crippen LogP contribution in [0.25, 0.3) is 0 Å². The van der Waals surface area contributed by atoms with Gasteiger partial charge in [0.2, 0.25) is 5.91 Å². The van der Waals surface area contributed by atoms with Gasteiger partial charge in [-0.25, -0.2) is 8.42 Å². The summed E-state index contributed by atoms with van der Waals surface area (Å²) in [5, 5.41) is 0. The van der Waals surface area contributed by atoms with Gasteiger partial charge in [0.15, 0.2) is 9.84 Å². The van der Waals surface area contributed by atoms with Crippen molar-refractivity contribution in [1.29, 1.82) is 0 Å². The molecule has 0 aliphatic carbocycles. The zero-order valence-corrected chi connectivity index (χ0v) is 14.6. The summed E-state index contributed by atoms with van der Waals surface area (Å²) in [7, 11) is -3.29. The lowest BCUT2D eigenvalue weighted by molar-refractivity contribution is -0.118. The number of rotatable bonds is 4. The van der Waals surface area contributed by atoms with Crippen LogP contribution < -0.4 is 4.90 Å². The van der Waals surface area contributed by atoms with E-state index < -0.39 is 9.84 Å². The van der Waals surface area contributed by atoms with E-state index >= 15 is 0 Å². The maximum absolute atomic E-state index is 12.7. The molecule has 0 unspecified atom stereocenters.